The van der Waals surface area contributed by atoms with Crippen molar-refractivity contribution in [1.29, 1.82) is 5.26 Å². The van der Waals surface area contributed by atoms with Gasteiger partial charge in [-0.1, -0.05) is 43.8 Å². The van der Waals surface area contributed by atoms with Crippen LogP contribution in [0, 0.1) is 11.3 Å². The van der Waals surface area contributed by atoms with Gasteiger partial charge in [0.2, 0.25) is 5.91 Å². The number of likely N-dealkylation sites (N-methyl/N-ethyl adjacent to an activating group) is 1. The number of carbonyl (C=O) groups excluding carboxylic acids is 1. The second-order valence-corrected chi connectivity index (χ2v) is 11.9. The van der Waals surface area contributed by atoms with E-state index in [9.17, 15) is 10.1 Å². The summed E-state index contributed by atoms with van der Waals surface area (Å²) in [7, 11) is 2.14. The van der Waals surface area contributed by atoms with Gasteiger partial charge in [0, 0.05) is 48.9 Å². The van der Waals surface area contributed by atoms with Gasteiger partial charge >= 0.3 is 6.01 Å². The smallest absolute Gasteiger partial charge is 0.318 e. The topological polar surface area (TPSA) is 88.8 Å². The SMILES string of the molecule is C=CC(=O)N1CCN(c2nc(OC[C@@H]3CCCN3C)nc3c2CCN(c2cccc4cccc(CC)c24)C3)C[C@@H]1CC#N. The molecule has 9 nitrogen and oxygen atoms in total. The van der Waals surface area contributed by atoms with Crippen LogP contribution in [0.4, 0.5) is 11.5 Å². The second-order valence-electron chi connectivity index (χ2n) is 11.9. The number of aryl methyl sites for hydroxylation is 1. The number of fused-ring (bicyclic) bond motifs is 2. The third kappa shape index (κ3) is 5.76. The Bertz CT molecular complexity index is 1540. The molecule has 2 fully saturated rings. The van der Waals surface area contributed by atoms with Crippen LogP contribution in [-0.2, 0) is 24.2 Å². The summed E-state index contributed by atoms with van der Waals surface area (Å²) in [5.74, 6) is 0.742. The molecule has 0 N–H and O–H groups in total. The molecule has 9 heteroatoms. The maximum Gasteiger partial charge on any atom is 0.318 e. The predicted octanol–water partition coefficient (Wildman–Crippen LogP) is 4.34. The van der Waals surface area contributed by atoms with E-state index in [2.05, 4.69) is 77.7 Å². The fourth-order valence-electron chi connectivity index (χ4n) is 6.97. The molecule has 1 aromatic heterocycles. The first-order valence-electron chi connectivity index (χ1n) is 15.5. The Hall–Kier alpha value is -4.16. The van der Waals surface area contributed by atoms with E-state index < -0.39 is 0 Å². The van der Waals surface area contributed by atoms with E-state index in [-0.39, 0.29) is 18.4 Å². The molecule has 0 bridgehead atoms. The lowest BCUT2D eigenvalue weighted by molar-refractivity contribution is -0.128. The molecule has 0 aliphatic carbocycles. The Labute approximate surface area is 254 Å². The number of ether oxygens (including phenoxy) is 1. The van der Waals surface area contributed by atoms with Crippen molar-refractivity contribution in [3.8, 4) is 12.1 Å². The summed E-state index contributed by atoms with van der Waals surface area (Å²) < 4.78 is 6.32. The van der Waals surface area contributed by atoms with Gasteiger partial charge in [-0.15, -0.1) is 0 Å². The number of aromatic nitrogens is 2. The maximum absolute atomic E-state index is 12.6. The number of likely N-dealkylation sites (tertiary alicyclic amines) is 1. The molecule has 2 saturated heterocycles. The van der Waals surface area contributed by atoms with E-state index in [4.69, 9.17) is 14.7 Å². The van der Waals surface area contributed by atoms with Gasteiger partial charge in [-0.2, -0.15) is 15.2 Å². The molecule has 3 aromatic rings. The second kappa shape index (κ2) is 12.6. The zero-order valence-corrected chi connectivity index (χ0v) is 25.3. The zero-order chi connectivity index (χ0) is 29.9. The highest BCUT2D eigenvalue weighted by Gasteiger charge is 2.33. The van der Waals surface area contributed by atoms with E-state index in [0.717, 1.165) is 49.4 Å². The van der Waals surface area contributed by atoms with Gasteiger partial charge in [0.25, 0.3) is 0 Å². The van der Waals surface area contributed by atoms with Crippen molar-refractivity contribution in [2.45, 2.75) is 57.7 Å². The highest BCUT2D eigenvalue weighted by atomic mass is 16.5. The zero-order valence-electron chi connectivity index (χ0n) is 25.3. The Morgan fingerprint density at radius 3 is 2.70 bits per heavy atom. The Morgan fingerprint density at radius 2 is 1.95 bits per heavy atom. The lowest BCUT2D eigenvalue weighted by atomic mass is 9.98. The van der Waals surface area contributed by atoms with Crippen molar-refractivity contribution < 1.29 is 9.53 Å². The van der Waals surface area contributed by atoms with Crippen molar-refractivity contribution in [3.63, 3.8) is 0 Å². The Balaban J connectivity index is 1.35. The summed E-state index contributed by atoms with van der Waals surface area (Å²) in [5, 5.41) is 12.1. The molecular formula is C34H41N7O2. The molecule has 224 valence electrons. The number of carbonyl (C=O) groups is 1. The summed E-state index contributed by atoms with van der Waals surface area (Å²) in [6.45, 7) is 10.7. The number of hydrogen-bond donors (Lipinski definition) is 0. The average Bonchev–Trinajstić information content (AvgIpc) is 3.46. The number of anilines is 2. The molecular weight excluding hydrogens is 538 g/mol. The third-order valence-electron chi connectivity index (χ3n) is 9.36. The number of hydrogen-bond acceptors (Lipinski definition) is 8. The first kappa shape index (κ1) is 28.9. The molecule has 1 amide bonds. The number of rotatable bonds is 8. The minimum absolute atomic E-state index is 0.133. The van der Waals surface area contributed by atoms with Crippen molar-refractivity contribution in [2.24, 2.45) is 0 Å². The lowest BCUT2D eigenvalue weighted by Crippen LogP contribution is -2.55. The molecule has 43 heavy (non-hydrogen) atoms. The van der Waals surface area contributed by atoms with Crippen molar-refractivity contribution in [2.75, 3.05) is 56.2 Å². The Kier molecular flexibility index (Phi) is 8.48. The minimum atomic E-state index is -0.227. The number of piperazine rings is 1. The van der Waals surface area contributed by atoms with Crippen molar-refractivity contribution in [3.05, 3.63) is 65.9 Å². The molecule has 0 saturated carbocycles. The van der Waals surface area contributed by atoms with Crippen LogP contribution in [0.2, 0.25) is 0 Å². The molecule has 0 radical (unpaired) electrons. The van der Waals surface area contributed by atoms with Gasteiger partial charge < -0.3 is 24.3 Å². The maximum atomic E-state index is 12.6. The number of benzene rings is 2. The van der Waals surface area contributed by atoms with E-state index >= 15 is 0 Å². The largest absolute Gasteiger partial charge is 0.462 e. The quantitative estimate of drug-likeness (QED) is 0.364. The molecule has 4 heterocycles. The van der Waals surface area contributed by atoms with Crippen LogP contribution in [0.25, 0.3) is 10.8 Å². The van der Waals surface area contributed by atoms with Crippen LogP contribution >= 0.6 is 0 Å². The fourth-order valence-corrected chi connectivity index (χ4v) is 6.97. The Morgan fingerprint density at radius 1 is 1.12 bits per heavy atom. The summed E-state index contributed by atoms with van der Waals surface area (Å²) in [4.78, 5) is 31.3. The highest BCUT2D eigenvalue weighted by molar-refractivity contribution is 5.97. The van der Waals surface area contributed by atoms with Crippen LogP contribution in [0.1, 0.15) is 43.0 Å². The van der Waals surface area contributed by atoms with Crippen LogP contribution < -0.4 is 14.5 Å². The van der Waals surface area contributed by atoms with Crippen LogP contribution in [0.3, 0.4) is 0 Å². The molecule has 0 unspecified atom stereocenters. The standard InChI is InChI=1S/C34H41N7O2/c1-4-24-9-6-10-25-11-7-13-30(32(24)25)39-18-15-28-29(22-39)36-34(43-23-27-12-8-17-38(27)3)37-33(28)40-19-20-41(31(42)5-2)26(21-40)14-16-35/h5-7,9-11,13,26-27H,2,4,8,12,14-15,17-23H2,1,3H3/t26-,27-/m0/s1. The van der Waals surface area contributed by atoms with Gasteiger partial charge in [0.1, 0.15) is 12.4 Å². The molecule has 6 rings (SSSR count). The summed E-state index contributed by atoms with van der Waals surface area (Å²) in [6.07, 6.45) is 5.66. The monoisotopic (exact) mass is 579 g/mol. The van der Waals surface area contributed by atoms with E-state index in [1.54, 1.807) is 4.90 Å². The van der Waals surface area contributed by atoms with Crippen molar-refractivity contribution in [1.82, 2.24) is 19.8 Å². The van der Waals surface area contributed by atoms with E-state index in [0.29, 0.717) is 44.8 Å². The van der Waals surface area contributed by atoms with Crippen LogP contribution in [0.5, 0.6) is 6.01 Å². The third-order valence-corrected chi connectivity index (χ3v) is 9.36. The van der Waals surface area contributed by atoms with Crippen LogP contribution in [0.15, 0.2) is 49.1 Å². The summed E-state index contributed by atoms with van der Waals surface area (Å²) in [6, 6.07) is 15.9. The number of amides is 1. The number of nitriles is 1. The predicted molar refractivity (Wildman–Crippen MR) is 169 cm³/mol. The summed E-state index contributed by atoms with van der Waals surface area (Å²) >= 11 is 0. The van der Waals surface area contributed by atoms with E-state index in [1.165, 1.54) is 34.5 Å². The molecule has 0 spiro atoms. The molecule has 3 aliphatic heterocycles. The number of nitrogens with zero attached hydrogens (tertiary/aromatic N) is 7. The van der Waals surface area contributed by atoms with Gasteiger partial charge in [-0.3, -0.25) is 4.79 Å². The fraction of sp³-hybridized carbons (Fsp3) is 0.471. The average molecular weight is 580 g/mol. The lowest BCUT2D eigenvalue weighted by Gasteiger charge is -2.42. The highest BCUT2D eigenvalue weighted by Crippen LogP contribution is 2.36. The first-order chi connectivity index (χ1) is 21.0. The van der Waals surface area contributed by atoms with Gasteiger partial charge in [0.05, 0.1) is 30.8 Å². The van der Waals surface area contributed by atoms with Gasteiger partial charge in [-0.25, -0.2) is 0 Å². The van der Waals surface area contributed by atoms with Gasteiger partial charge in [-0.05, 0) is 62.4 Å². The van der Waals surface area contributed by atoms with E-state index in [1.807, 2.05) is 0 Å². The normalized spacial score (nSPS) is 20.6. The first-order valence-corrected chi connectivity index (χ1v) is 15.5. The van der Waals surface area contributed by atoms with Crippen molar-refractivity contribution >= 4 is 28.2 Å². The van der Waals surface area contributed by atoms with Gasteiger partial charge in [0.15, 0.2) is 0 Å². The summed E-state index contributed by atoms with van der Waals surface area (Å²) in [5.41, 5.74) is 4.71. The molecule has 2 aromatic carbocycles. The molecule has 2 atom stereocenters. The molecule has 3 aliphatic rings. The minimum Gasteiger partial charge on any atom is -0.462 e. The van der Waals surface area contributed by atoms with Crippen LogP contribution in [-0.4, -0.2) is 84.1 Å².